The Morgan fingerprint density at radius 3 is 2.33 bits per heavy atom. The Hall–Kier alpha value is -1.00. The van der Waals surface area contributed by atoms with E-state index in [0.717, 1.165) is 12.4 Å². The van der Waals surface area contributed by atoms with Crippen LogP contribution in [0, 0.1) is 0 Å². The molecule has 1 aromatic rings. The molecule has 0 amide bonds. The highest BCUT2D eigenvalue weighted by Crippen LogP contribution is 2.24. The third-order valence-electron chi connectivity index (χ3n) is 0.767. The van der Waals surface area contributed by atoms with Crippen LogP contribution in [0.3, 0.4) is 0 Å². The highest BCUT2D eigenvalue weighted by molar-refractivity contribution is 4.91. The van der Waals surface area contributed by atoms with Gasteiger partial charge >= 0.3 is 6.18 Å². The molecule has 0 unspecified atom stereocenters. The van der Waals surface area contributed by atoms with Crippen LogP contribution in [0.1, 0.15) is 5.82 Å². The lowest BCUT2D eigenvalue weighted by Crippen LogP contribution is -2.06. The van der Waals surface area contributed by atoms with Crippen LogP contribution in [0.25, 0.3) is 0 Å². The van der Waals surface area contributed by atoms with Crippen molar-refractivity contribution in [2.75, 3.05) is 0 Å². The minimum Gasteiger partial charge on any atom is -0.341 e. The molecule has 0 saturated heterocycles. The fraction of sp³-hybridized carbons (Fsp3) is 0.250. The van der Waals surface area contributed by atoms with E-state index in [1.165, 1.54) is 0 Å². The molecular formula is C4H3F3N2. The quantitative estimate of drug-likeness (QED) is 0.574. The second kappa shape index (κ2) is 1.75. The van der Waals surface area contributed by atoms with E-state index in [-0.39, 0.29) is 0 Å². The van der Waals surface area contributed by atoms with Crippen LogP contribution in [0.2, 0.25) is 0 Å². The third kappa shape index (κ3) is 1.22. The number of rotatable bonds is 0. The van der Waals surface area contributed by atoms with Gasteiger partial charge in [-0.15, -0.1) is 0 Å². The fourth-order valence-electron chi connectivity index (χ4n) is 0.420. The molecular weight excluding hydrogens is 133 g/mol. The largest absolute Gasteiger partial charge is 0.449 e. The van der Waals surface area contributed by atoms with Gasteiger partial charge in [-0.25, -0.2) is 4.98 Å². The number of nitrogens with zero attached hydrogens (tertiary/aromatic N) is 1. The summed E-state index contributed by atoms with van der Waals surface area (Å²) in [5.41, 5.74) is 0. The van der Waals surface area contributed by atoms with E-state index >= 15 is 0 Å². The van der Waals surface area contributed by atoms with E-state index in [4.69, 9.17) is 0 Å². The number of hydrogen-bond donors (Lipinski definition) is 1. The van der Waals surface area contributed by atoms with Gasteiger partial charge < -0.3 is 4.98 Å². The van der Waals surface area contributed by atoms with Crippen LogP contribution in [-0.2, 0) is 6.18 Å². The Morgan fingerprint density at radius 1 is 1.44 bits per heavy atom. The number of hydrogen-bond acceptors (Lipinski definition) is 1. The topological polar surface area (TPSA) is 28.7 Å². The molecule has 2 nitrogen and oxygen atoms in total. The number of aromatic nitrogens is 2. The Bertz CT molecular complexity index is 176. The normalized spacial score (nSPS) is 11.9. The molecule has 1 rings (SSSR count). The monoisotopic (exact) mass is 136 g/mol. The SMILES string of the molecule is FC(F)(F)c1ncc[nH]1. The summed E-state index contributed by atoms with van der Waals surface area (Å²) in [5.74, 6) is -0.956. The third-order valence-corrected chi connectivity index (χ3v) is 0.767. The van der Waals surface area contributed by atoms with E-state index < -0.39 is 12.0 Å². The van der Waals surface area contributed by atoms with Gasteiger partial charge in [-0.1, -0.05) is 0 Å². The van der Waals surface area contributed by atoms with Crippen molar-refractivity contribution in [3.63, 3.8) is 0 Å². The van der Waals surface area contributed by atoms with Crippen LogP contribution in [0.4, 0.5) is 13.2 Å². The summed E-state index contributed by atoms with van der Waals surface area (Å²) in [4.78, 5) is 4.95. The highest BCUT2D eigenvalue weighted by Gasteiger charge is 2.33. The molecule has 0 radical (unpaired) electrons. The first kappa shape index (κ1) is 6.12. The van der Waals surface area contributed by atoms with Gasteiger partial charge in [0.05, 0.1) is 0 Å². The van der Waals surface area contributed by atoms with Crippen molar-refractivity contribution in [2.45, 2.75) is 6.18 Å². The minimum absolute atomic E-state index is 0.956. The molecule has 0 aliphatic heterocycles. The van der Waals surface area contributed by atoms with Gasteiger partial charge in [-0.3, -0.25) is 0 Å². The summed E-state index contributed by atoms with van der Waals surface area (Å²) in [6, 6.07) is 0. The molecule has 0 aliphatic carbocycles. The number of nitrogens with one attached hydrogen (secondary N) is 1. The number of H-pyrrole nitrogens is 1. The summed E-state index contributed by atoms with van der Waals surface area (Å²) in [6.07, 6.45) is -2.16. The summed E-state index contributed by atoms with van der Waals surface area (Å²) >= 11 is 0. The van der Waals surface area contributed by atoms with Crippen LogP contribution in [0.5, 0.6) is 0 Å². The summed E-state index contributed by atoms with van der Waals surface area (Å²) in [5, 5.41) is 0. The second-order valence-corrected chi connectivity index (χ2v) is 1.44. The lowest BCUT2D eigenvalue weighted by atomic mass is 10.6. The molecule has 9 heavy (non-hydrogen) atoms. The molecule has 1 heterocycles. The van der Waals surface area contributed by atoms with Gasteiger partial charge in [0.1, 0.15) is 0 Å². The van der Waals surface area contributed by atoms with Crippen LogP contribution in [0.15, 0.2) is 12.4 Å². The summed E-state index contributed by atoms with van der Waals surface area (Å²) < 4.78 is 34.6. The van der Waals surface area contributed by atoms with Gasteiger partial charge in [0.25, 0.3) is 0 Å². The summed E-state index contributed by atoms with van der Waals surface area (Å²) in [6.45, 7) is 0. The Kier molecular flexibility index (Phi) is 1.19. The van der Waals surface area contributed by atoms with E-state index in [1.807, 2.05) is 4.98 Å². The van der Waals surface area contributed by atoms with Gasteiger partial charge in [0, 0.05) is 12.4 Å². The molecule has 0 fully saturated rings. The molecule has 50 valence electrons. The molecule has 0 aromatic carbocycles. The molecule has 1 aromatic heterocycles. The predicted molar refractivity (Wildman–Crippen MR) is 23.6 cm³/mol. The zero-order chi connectivity index (χ0) is 6.91. The maximum atomic E-state index is 11.5. The zero-order valence-corrected chi connectivity index (χ0v) is 4.24. The number of alkyl halides is 3. The predicted octanol–water partition coefficient (Wildman–Crippen LogP) is 1.43. The lowest BCUT2D eigenvalue weighted by Gasteiger charge is -1.98. The molecule has 1 N–H and O–H groups in total. The Labute approximate surface area is 48.7 Å². The molecule has 0 bridgehead atoms. The maximum absolute atomic E-state index is 11.5. The molecule has 0 aliphatic rings. The molecule has 5 heteroatoms. The molecule has 0 spiro atoms. The number of aromatic amines is 1. The van der Waals surface area contributed by atoms with E-state index in [9.17, 15) is 13.2 Å². The zero-order valence-electron chi connectivity index (χ0n) is 4.24. The van der Waals surface area contributed by atoms with Crippen LogP contribution < -0.4 is 0 Å². The first-order chi connectivity index (χ1) is 4.11. The van der Waals surface area contributed by atoms with Crippen LogP contribution >= 0.6 is 0 Å². The first-order valence-corrected chi connectivity index (χ1v) is 2.17. The van der Waals surface area contributed by atoms with Crippen molar-refractivity contribution in [2.24, 2.45) is 0 Å². The van der Waals surface area contributed by atoms with Crippen molar-refractivity contribution < 1.29 is 13.2 Å². The molecule has 0 atom stereocenters. The average molecular weight is 136 g/mol. The van der Waals surface area contributed by atoms with E-state index in [0.29, 0.717) is 0 Å². The minimum atomic E-state index is -4.34. The van der Waals surface area contributed by atoms with Crippen molar-refractivity contribution in [3.05, 3.63) is 18.2 Å². The Morgan fingerprint density at radius 2 is 2.11 bits per heavy atom. The average Bonchev–Trinajstić information content (AvgIpc) is 2.08. The van der Waals surface area contributed by atoms with Crippen molar-refractivity contribution in [3.8, 4) is 0 Å². The smallest absolute Gasteiger partial charge is 0.341 e. The second-order valence-electron chi connectivity index (χ2n) is 1.44. The highest BCUT2D eigenvalue weighted by atomic mass is 19.4. The van der Waals surface area contributed by atoms with E-state index in [2.05, 4.69) is 4.98 Å². The van der Waals surface area contributed by atoms with Crippen molar-refractivity contribution in [1.29, 1.82) is 0 Å². The number of imidazole rings is 1. The lowest BCUT2D eigenvalue weighted by molar-refractivity contribution is -0.144. The van der Waals surface area contributed by atoms with Gasteiger partial charge in [-0.05, 0) is 0 Å². The van der Waals surface area contributed by atoms with Gasteiger partial charge in [-0.2, -0.15) is 13.2 Å². The van der Waals surface area contributed by atoms with Crippen molar-refractivity contribution >= 4 is 0 Å². The number of halogens is 3. The van der Waals surface area contributed by atoms with E-state index in [1.54, 1.807) is 0 Å². The maximum Gasteiger partial charge on any atom is 0.449 e. The first-order valence-electron chi connectivity index (χ1n) is 2.17. The standard InChI is InChI=1S/C4H3F3N2/c5-4(6,7)3-8-1-2-9-3/h1-2H,(H,8,9). The van der Waals surface area contributed by atoms with Gasteiger partial charge in [0.2, 0.25) is 5.82 Å². The Balaban J connectivity index is 2.90. The van der Waals surface area contributed by atoms with Gasteiger partial charge in [0.15, 0.2) is 0 Å². The molecule has 0 saturated carbocycles. The fourth-order valence-corrected chi connectivity index (χ4v) is 0.420. The summed E-state index contributed by atoms with van der Waals surface area (Å²) in [7, 11) is 0. The van der Waals surface area contributed by atoms with Crippen LogP contribution in [-0.4, -0.2) is 9.97 Å². The van der Waals surface area contributed by atoms with Crippen molar-refractivity contribution in [1.82, 2.24) is 9.97 Å².